The molecule has 0 aromatic heterocycles. The predicted molar refractivity (Wildman–Crippen MR) is 90.4 cm³/mol. The SMILES string of the molecule is CCC(C)C(=O)N1CSCC1C(=O)N1CCC(N)C(C)(C)C1. The molecule has 2 amide bonds. The molecule has 2 rings (SSSR count). The summed E-state index contributed by atoms with van der Waals surface area (Å²) >= 11 is 1.67. The van der Waals surface area contributed by atoms with Gasteiger partial charge in [-0.2, -0.15) is 0 Å². The summed E-state index contributed by atoms with van der Waals surface area (Å²) in [6, 6.07) is -0.163. The van der Waals surface area contributed by atoms with Crippen molar-refractivity contribution >= 4 is 23.6 Å². The van der Waals surface area contributed by atoms with Crippen LogP contribution in [0.4, 0.5) is 0 Å². The van der Waals surface area contributed by atoms with E-state index in [9.17, 15) is 9.59 Å². The minimum atomic E-state index is -0.295. The Balaban J connectivity index is 2.07. The lowest BCUT2D eigenvalue weighted by Gasteiger charge is -2.44. The molecule has 2 saturated heterocycles. The third-order valence-electron chi connectivity index (χ3n) is 5.11. The fourth-order valence-corrected chi connectivity index (χ4v) is 4.25. The van der Waals surface area contributed by atoms with E-state index in [1.165, 1.54) is 0 Å². The van der Waals surface area contributed by atoms with Crippen LogP contribution in [0.5, 0.6) is 0 Å². The van der Waals surface area contributed by atoms with E-state index in [0.717, 1.165) is 12.8 Å². The standard InChI is InChI=1S/C16H29N3O2S/c1-5-11(2)14(20)19-10-22-8-12(19)15(21)18-7-6-13(17)16(3,4)9-18/h11-13H,5-10,17H2,1-4H3. The third kappa shape index (κ3) is 3.43. The van der Waals surface area contributed by atoms with Crippen LogP contribution in [0.1, 0.15) is 40.5 Å². The molecule has 2 aliphatic heterocycles. The monoisotopic (exact) mass is 327 g/mol. The normalized spacial score (nSPS) is 29.5. The van der Waals surface area contributed by atoms with E-state index in [0.29, 0.717) is 24.7 Å². The fraction of sp³-hybridized carbons (Fsp3) is 0.875. The van der Waals surface area contributed by atoms with Crippen LogP contribution in [0, 0.1) is 11.3 Å². The predicted octanol–water partition coefficient (Wildman–Crippen LogP) is 1.52. The van der Waals surface area contributed by atoms with Crippen LogP contribution in [0.15, 0.2) is 0 Å². The Morgan fingerprint density at radius 2 is 2.09 bits per heavy atom. The van der Waals surface area contributed by atoms with Crippen molar-refractivity contribution in [2.24, 2.45) is 17.1 Å². The van der Waals surface area contributed by atoms with Crippen molar-refractivity contribution in [2.75, 3.05) is 24.7 Å². The number of nitrogens with zero attached hydrogens (tertiary/aromatic N) is 2. The molecular weight excluding hydrogens is 298 g/mol. The van der Waals surface area contributed by atoms with Crippen molar-refractivity contribution in [3.8, 4) is 0 Å². The lowest BCUT2D eigenvalue weighted by atomic mass is 9.79. The number of hydrogen-bond donors (Lipinski definition) is 1. The summed E-state index contributed by atoms with van der Waals surface area (Å²) in [4.78, 5) is 29.1. The molecule has 2 heterocycles. The van der Waals surface area contributed by atoms with E-state index in [4.69, 9.17) is 5.73 Å². The van der Waals surface area contributed by atoms with Gasteiger partial charge in [-0.05, 0) is 18.3 Å². The number of thioether (sulfide) groups is 1. The van der Waals surface area contributed by atoms with Gasteiger partial charge in [0.05, 0.1) is 5.88 Å². The second kappa shape index (κ2) is 6.79. The van der Waals surface area contributed by atoms with Crippen LogP contribution in [-0.2, 0) is 9.59 Å². The molecular formula is C16H29N3O2S. The number of piperidine rings is 1. The topological polar surface area (TPSA) is 66.6 Å². The number of rotatable bonds is 3. The first-order valence-corrected chi connectivity index (χ1v) is 9.36. The Labute approximate surface area is 138 Å². The van der Waals surface area contributed by atoms with E-state index in [-0.39, 0.29) is 35.2 Å². The van der Waals surface area contributed by atoms with Gasteiger partial charge in [0.25, 0.3) is 0 Å². The fourth-order valence-electron chi connectivity index (χ4n) is 3.09. The quantitative estimate of drug-likeness (QED) is 0.853. The van der Waals surface area contributed by atoms with E-state index in [1.807, 2.05) is 18.7 Å². The van der Waals surface area contributed by atoms with Crippen molar-refractivity contribution in [3.05, 3.63) is 0 Å². The number of carbonyl (C=O) groups excluding carboxylic acids is 2. The average Bonchev–Trinajstić information content (AvgIpc) is 2.96. The molecule has 22 heavy (non-hydrogen) atoms. The molecule has 3 atom stereocenters. The van der Waals surface area contributed by atoms with Crippen LogP contribution in [0.3, 0.4) is 0 Å². The second-order valence-electron chi connectivity index (χ2n) is 7.28. The average molecular weight is 327 g/mol. The summed E-state index contributed by atoms with van der Waals surface area (Å²) in [5, 5.41) is 0. The Bertz CT molecular complexity index is 441. The summed E-state index contributed by atoms with van der Waals surface area (Å²) < 4.78 is 0. The van der Waals surface area contributed by atoms with Crippen LogP contribution < -0.4 is 5.73 Å². The van der Waals surface area contributed by atoms with Gasteiger partial charge >= 0.3 is 0 Å². The molecule has 0 aromatic rings. The van der Waals surface area contributed by atoms with Crippen molar-refractivity contribution < 1.29 is 9.59 Å². The van der Waals surface area contributed by atoms with Gasteiger partial charge in [-0.1, -0.05) is 27.7 Å². The van der Waals surface area contributed by atoms with Crippen molar-refractivity contribution in [1.29, 1.82) is 0 Å². The molecule has 0 saturated carbocycles. The first-order valence-electron chi connectivity index (χ1n) is 8.20. The summed E-state index contributed by atoms with van der Waals surface area (Å²) in [6.07, 6.45) is 1.64. The Kier molecular flexibility index (Phi) is 5.43. The van der Waals surface area contributed by atoms with Gasteiger partial charge in [0.15, 0.2) is 0 Å². The Morgan fingerprint density at radius 3 is 2.68 bits per heavy atom. The molecule has 2 N–H and O–H groups in total. The van der Waals surface area contributed by atoms with Gasteiger partial charge in [-0.25, -0.2) is 0 Å². The van der Waals surface area contributed by atoms with Crippen LogP contribution in [0.2, 0.25) is 0 Å². The van der Waals surface area contributed by atoms with Crippen molar-refractivity contribution in [2.45, 2.75) is 52.6 Å². The lowest BCUT2D eigenvalue weighted by molar-refractivity contribution is -0.147. The van der Waals surface area contributed by atoms with Gasteiger partial charge < -0.3 is 15.5 Å². The smallest absolute Gasteiger partial charge is 0.246 e. The molecule has 0 bridgehead atoms. The van der Waals surface area contributed by atoms with E-state index < -0.39 is 0 Å². The highest BCUT2D eigenvalue weighted by Crippen LogP contribution is 2.30. The molecule has 0 aromatic carbocycles. The Hall–Kier alpha value is -0.750. The molecule has 6 heteroatoms. The van der Waals surface area contributed by atoms with Gasteiger partial charge in [-0.15, -0.1) is 11.8 Å². The maximum absolute atomic E-state index is 12.9. The highest BCUT2D eigenvalue weighted by Gasteiger charge is 2.42. The van der Waals surface area contributed by atoms with Crippen LogP contribution in [0.25, 0.3) is 0 Å². The molecule has 3 unspecified atom stereocenters. The number of carbonyl (C=O) groups is 2. The number of nitrogens with two attached hydrogens (primary N) is 1. The highest BCUT2D eigenvalue weighted by atomic mass is 32.2. The summed E-state index contributed by atoms with van der Waals surface area (Å²) in [5.41, 5.74) is 6.09. The lowest BCUT2D eigenvalue weighted by Crippen LogP contribution is -2.58. The van der Waals surface area contributed by atoms with Gasteiger partial charge in [0, 0.05) is 30.8 Å². The van der Waals surface area contributed by atoms with E-state index in [1.54, 1.807) is 16.7 Å². The molecule has 2 aliphatic rings. The minimum absolute atomic E-state index is 0.0137. The molecule has 0 radical (unpaired) electrons. The third-order valence-corrected chi connectivity index (χ3v) is 6.12. The van der Waals surface area contributed by atoms with Crippen LogP contribution in [-0.4, -0.2) is 58.4 Å². The van der Waals surface area contributed by atoms with Gasteiger partial charge in [-0.3, -0.25) is 9.59 Å². The number of amides is 2. The molecule has 0 aliphatic carbocycles. The second-order valence-corrected chi connectivity index (χ2v) is 8.28. The summed E-state index contributed by atoms with van der Waals surface area (Å²) in [6.45, 7) is 9.56. The number of hydrogen-bond acceptors (Lipinski definition) is 4. The molecule has 126 valence electrons. The summed E-state index contributed by atoms with van der Waals surface area (Å²) in [7, 11) is 0. The van der Waals surface area contributed by atoms with Crippen molar-refractivity contribution in [3.63, 3.8) is 0 Å². The zero-order valence-electron chi connectivity index (χ0n) is 14.2. The molecule has 2 fully saturated rings. The molecule has 5 nitrogen and oxygen atoms in total. The number of likely N-dealkylation sites (tertiary alicyclic amines) is 1. The van der Waals surface area contributed by atoms with E-state index in [2.05, 4.69) is 13.8 Å². The first-order chi connectivity index (χ1) is 10.3. The van der Waals surface area contributed by atoms with E-state index >= 15 is 0 Å². The highest BCUT2D eigenvalue weighted by molar-refractivity contribution is 7.99. The van der Waals surface area contributed by atoms with Crippen molar-refractivity contribution in [1.82, 2.24) is 9.80 Å². The summed E-state index contributed by atoms with van der Waals surface area (Å²) in [5.74, 6) is 1.54. The maximum atomic E-state index is 12.9. The maximum Gasteiger partial charge on any atom is 0.246 e. The first kappa shape index (κ1) is 17.6. The zero-order chi connectivity index (χ0) is 16.5. The zero-order valence-corrected chi connectivity index (χ0v) is 15.0. The minimum Gasteiger partial charge on any atom is -0.340 e. The molecule has 0 spiro atoms. The van der Waals surface area contributed by atoms with Crippen LogP contribution >= 0.6 is 11.8 Å². The van der Waals surface area contributed by atoms with Gasteiger partial charge in [0.1, 0.15) is 6.04 Å². The Morgan fingerprint density at radius 1 is 1.41 bits per heavy atom. The largest absolute Gasteiger partial charge is 0.340 e. The van der Waals surface area contributed by atoms with Gasteiger partial charge in [0.2, 0.25) is 11.8 Å².